The number of rotatable bonds is 5. The van der Waals surface area contributed by atoms with Crippen molar-refractivity contribution in [3.63, 3.8) is 0 Å². The van der Waals surface area contributed by atoms with Crippen LogP contribution in [0.4, 0.5) is 0 Å². The van der Waals surface area contributed by atoms with Gasteiger partial charge in [-0.25, -0.2) is 0 Å². The Balaban J connectivity index is 2.18. The molecule has 0 saturated carbocycles. The molecule has 0 aliphatic heterocycles. The SMILES string of the molecule is CCc1cc(CC(O)c2cccc(C)n2)n(CC)n1. The predicted molar refractivity (Wildman–Crippen MR) is 74.9 cm³/mol. The van der Waals surface area contributed by atoms with Gasteiger partial charge in [0, 0.05) is 24.4 Å². The van der Waals surface area contributed by atoms with Crippen molar-refractivity contribution >= 4 is 0 Å². The second-order valence-electron chi connectivity index (χ2n) is 4.72. The average Bonchev–Trinajstić information content (AvgIpc) is 2.81. The Bertz CT molecular complexity index is 548. The molecule has 0 spiro atoms. The number of pyridine rings is 1. The van der Waals surface area contributed by atoms with Gasteiger partial charge in [0.05, 0.1) is 11.4 Å². The Kier molecular flexibility index (Phi) is 4.32. The van der Waals surface area contributed by atoms with Crippen LogP contribution in [0, 0.1) is 6.92 Å². The van der Waals surface area contributed by atoms with Crippen LogP contribution in [0.1, 0.15) is 42.7 Å². The van der Waals surface area contributed by atoms with Gasteiger partial charge in [-0.3, -0.25) is 9.67 Å². The van der Waals surface area contributed by atoms with E-state index in [1.54, 1.807) is 0 Å². The third-order valence-corrected chi connectivity index (χ3v) is 3.23. The van der Waals surface area contributed by atoms with E-state index >= 15 is 0 Å². The highest BCUT2D eigenvalue weighted by molar-refractivity contribution is 5.17. The molecular weight excluding hydrogens is 238 g/mol. The molecule has 1 atom stereocenters. The fraction of sp³-hybridized carbons (Fsp3) is 0.467. The molecule has 19 heavy (non-hydrogen) atoms. The van der Waals surface area contributed by atoms with Crippen molar-refractivity contribution in [1.29, 1.82) is 0 Å². The van der Waals surface area contributed by atoms with Crippen LogP contribution in [-0.4, -0.2) is 19.9 Å². The summed E-state index contributed by atoms with van der Waals surface area (Å²) in [6.07, 6.45) is 0.891. The standard InChI is InChI=1S/C15H21N3O/c1-4-12-9-13(18(5-2)17-12)10-15(19)14-8-6-7-11(3)16-14/h6-9,15,19H,4-5,10H2,1-3H3. The van der Waals surface area contributed by atoms with Gasteiger partial charge in [-0.05, 0) is 38.5 Å². The maximum atomic E-state index is 10.3. The molecule has 0 saturated heterocycles. The molecule has 4 heteroatoms. The Labute approximate surface area is 114 Å². The van der Waals surface area contributed by atoms with Gasteiger partial charge >= 0.3 is 0 Å². The second kappa shape index (κ2) is 5.97. The summed E-state index contributed by atoms with van der Waals surface area (Å²) in [6.45, 7) is 6.91. The summed E-state index contributed by atoms with van der Waals surface area (Å²) in [5.74, 6) is 0. The summed E-state index contributed by atoms with van der Waals surface area (Å²) in [7, 11) is 0. The monoisotopic (exact) mass is 259 g/mol. The summed E-state index contributed by atoms with van der Waals surface area (Å²) in [5, 5.41) is 14.8. The molecule has 2 aromatic rings. The average molecular weight is 259 g/mol. The minimum Gasteiger partial charge on any atom is -0.386 e. The van der Waals surface area contributed by atoms with E-state index < -0.39 is 6.10 Å². The van der Waals surface area contributed by atoms with Crippen LogP contribution in [0.3, 0.4) is 0 Å². The first-order valence-corrected chi connectivity index (χ1v) is 6.81. The van der Waals surface area contributed by atoms with E-state index in [9.17, 15) is 5.11 Å². The minimum atomic E-state index is -0.577. The Morgan fingerprint density at radius 1 is 1.32 bits per heavy atom. The van der Waals surface area contributed by atoms with Gasteiger partial charge in [0.25, 0.3) is 0 Å². The summed E-state index contributed by atoms with van der Waals surface area (Å²) in [6, 6.07) is 7.80. The van der Waals surface area contributed by atoms with Crippen molar-refractivity contribution in [3.8, 4) is 0 Å². The van der Waals surface area contributed by atoms with Gasteiger partial charge in [-0.1, -0.05) is 13.0 Å². The largest absolute Gasteiger partial charge is 0.386 e. The fourth-order valence-corrected chi connectivity index (χ4v) is 2.18. The third kappa shape index (κ3) is 3.20. The third-order valence-electron chi connectivity index (χ3n) is 3.23. The number of aromatic nitrogens is 3. The number of hydrogen-bond acceptors (Lipinski definition) is 3. The van der Waals surface area contributed by atoms with Gasteiger partial charge in [0.15, 0.2) is 0 Å². The van der Waals surface area contributed by atoms with Gasteiger partial charge in [-0.2, -0.15) is 5.10 Å². The van der Waals surface area contributed by atoms with Crippen molar-refractivity contribution in [2.45, 2.75) is 46.3 Å². The van der Waals surface area contributed by atoms with Crippen molar-refractivity contribution in [3.05, 3.63) is 47.0 Å². The lowest BCUT2D eigenvalue weighted by molar-refractivity contribution is 0.170. The maximum absolute atomic E-state index is 10.3. The predicted octanol–water partition coefficient (Wildman–Crippen LogP) is 2.44. The zero-order chi connectivity index (χ0) is 13.8. The maximum Gasteiger partial charge on any atom is 0.101 e. The number of aliphatic hydroxyl groups is 1. The fourth-order valence-electron chi connectivity index (χ4n) is 2.18. The molecular formula is C15H21N3O. The van der Waals surface area contributed by atoms with Crippen LogP contribution in [0.15, 0.2) is 24.3 Å². The smallest absolute Gasteiger partial charge is 0.101 e. The molecule has 2 heterocycles. The van der Waals surface area contributed by atoms with Gasteiger partial charge in [0.2, 0.25) is 0 Å². The lowest BCUT2D eigenvalue weighted by Crippen LogP contribution is -2.09. The lowest BCUT2D eigenvalue weighted by atomic mass is 10.1. The van der Waals surface area contributed by atoms with Crippen LogP contribution < -0.4 is 0 Å². The summed E-state index contributed by atoms with van der Waals surface area (Å²) < 4.78 is 1.96. The molecule has 0 aliphatic carbocycles. The quantitative estimate of drug-likeness (QED) is 0.897. The van der Waals surface area contributed by atoms with Gasteiger partial charge in [0.1, 0.15) is 6.10 Å². The molecule has 2 aromatic heterocycles. The summed E-state index contributed by atoms with van der Waals surface area (Å²) in [5.41, 5.74) is 3.79. The first-order chi connectivity index (χ1) is 9.13. The van der Waals surface area contributed by atoms with Crippen molar-refractivity contribution in [2.24, 2.45) is 0 Å². The van der Waals surface area contributed by atoms with E-state index in [0.29, 0.717) is 6.42 Å². The van der Waals surface area contributed by atoms with Crippen LogP contribution in [0.2, 0.25) is 0 Å². The Morgan fingerprint density at radius 2 is 2.11 bits per heavy atom. The van der Waals surface area contributed by atoms with E-state index in [4.69, 9.17) is 0 Å². The lowest BCUT2D eigenvalue weighted by Gasteiger charge is -2.11. The van der Waals surface area contributed by atoms with Gasteiger partial charge in [-0.15, -0.1) is 0 Å². The summed E-state index contributed by atoms with van der Waals surface area (Å²) >= 11 is 0. The highest BCUT2D eigenvalue weighted by atomic mass is 16.3. The molecule has 1 N–H and O–H groups in total. The van der Waals surface area contributed by atoms with Crippen molar-refractivity contribution in [2.75, 3.05) is 0 Å². The Morgan fingerprint density at radius 3 is 2.74 bits per heavy atom. The number of hydrogen-bond donors (Lipinski definition) is 1. The van der Waals surface area contributed by atoms with E-state index in [-0.39, 0.29) is 0 Å². The van der Waals surface area contributed by atoms with E-state index in [1.807, 2.05) is 29.8 Å². The Hall–Kier alpha value is -1.68. The van der Waals surface area contributed by atoms with E-state index in [0.717, 1.165) is 35.7 Å². The zero-order valence-electron chi connectivity index (χ0n) is 11.8. The highest BCUT2D eigenvalue weighted by Crippen LogP contribution is 2.18. The molecule has 1 unspecified atom stereocenters. The number of aliphatic hydroxyl groups excluding tert-OH is 1. The zero-order valence-corrected chi connectivity index (χ0v) is 11.8. The second-order valence-corrected chi connectivity index (χ2v) is 4.72. The molecule has 0 aliphatic rings. The van der Waals surface area contributed by atoms with Gasteiger partial charge < -0.3 is 5.11 Å². The number of nitrogens with zero attached hydrogens (tertiary/aromatic N) is 3. The van der Waals surface area contributed by atoms with Crippen LogP contribution in [-0.2, 0) is 19.4 Å². The van der Waals surface area contributed by atoms with Crippen LogP contribution in [0.5, 0.6) is 0 Å². The molecule has 0 bridgehead atoms. The first-order valence-electron chi connectivity index (χ1n) is 6.81. The van der Waals surface area contributed by atoms with Crippen LogP contribution >= 0.6 is 0 Å². The topological polar surface area (TPSA) is 50.9 Å². The molecule has 102 valence electrons. The van der Waals surface area contributed by atoms with E-state index in [2.05, 4.69) is 30.0 Å². The minimum absolute atomic E-state index is 0.553. The molecule has 0 radical (unpaired) electrons. The first kappa shape index (κ1) is 13.7. The summed E-state index contributed by atoms with van der Waals surface area (Å²) in [4.78, 5) is 4.37. The molecule has 0 fully saturated rings. The highest BCUT2D eigenvalue weighted by Gasteiger charge is 2.14. The molecule has 2 rings (SSSR count). The molecule has 0 amide bonds. The molecule has 0 aromatic carbocycles. The van der Waals surface area contributed by atoms with Crippen molar-refractivity contribution in [1.82, 2.24) is 14.8 Å². The van der Waals surface area contributed by atoms with Crippen LogP contribution in [0.25, 0.3) is 0 Å². The number of aryl methyl sites for hydroxylation is 3. The normalized spacial score (nSPS) is 12.6. The molecule has 4 nitrogen and oxygen atoms in total. The van der Waals surface area contributed by atoms with E-state index in [1.165, 1.54) is 0 Å². The van der Waals surface area contributed by atoms with Crippen molar-refractivity contribution < 1.29 is 5.11 Å².